The molecule has 4 heterocycles. The predicted molar refractivity (Wildman–Crippen MR) is 153 cm³/mol. The minimum absolute atomic E-state index is 0.105. The number of hydrogen-bond donors (Lipinski definition) is 2. The molecule has 12 nitrogen and oxygen atoms in total. The van der Waals surface area contributed by atoms with E-state index in [9.17, 15) is 9.59 Å². The highest BCUT2D eigenvalue weighted by Gasteiger charge is 2.39. The van der Waals surface area contributed by atoms with Crippen LogP contribution in [0.3, 0.4) is 0 Å². The van der Waals surface area contributed by atoms with E-state index in [-0.39, 0.29) is 24.8 Å². The summed E-state index contributed by atoms with van der Waals surface area (Å²) >= 11 is 4.99. The number of carbonyl (C=O) groups is 2. The Morgan fingerprint density at radius 3 is 2.76 bits per heavy atom. The van der Waals surface area contributed by atoms with E-state index < -0.39 is 23.7 Å². The smallest absolute Gasteiger partial charge is 0.411 e. The third-order valence-electron chi connectivity index (χ3n) is 6.81. The van der Waals surface area contributed by atoms with Crippen molar-refractivity contribution in [1.82, 2.24) is 24.4 Å². The van der Waals surface area contributed by atoms with Gasteiger partial charge in [0.05, 0.1) is 12.9 Å². The number of rotatable bonds is 7. The first-order valence-electron chi connectivity index (χ1n) is 13.5. The number of likely N-dealkylation sites (tertiary alicyclic amines) is 1. The van der Waals surface area contributed by atoms with E-state index >= 15 is 0 Å². The van der Waals surface area contributed by atoms with Gasteiger partial charge in [-0.1, -0.05) is 11.8 Å². The number of ether oxygens (including phenoxy) is 4. The van der Waals surface area contributed by atoms with Gasteiger partial charge in [-0.2, -0.15) is 0 Å². The van der Waals surface area contributed by atoms with Crippen molar-refractivity contribution in [2.24, 2.45) is 5.92 Å². The third-order valence-corrected chi connectivity index (χ3v) is 8.67. The van der Waals surface area contributed by atoms with Gasteiger partial charge in [-0.3, -0.25) is 10.3 Å². The average Bonchev–Trinajstić information content (AvgIpc) is 3.55. The zero-order chi connectivity index (χ0) is 29.3. The van der Waals surface area contributed by atoms with Gasteiger partial charge in [0.2, 0.25) is 6.79 Å². The van der Waals surface area contributed by atoms with Crippen LogP contribution in [0.5, 0.6) is 11.5 Å². The van der Waals surface area contributed by atoms with Crippen molar-refractivity contribution in [3.8, 4) is 11.5 Å². The summed E-state index contributed by atoms with van der Waals surface area (Å²) in [7, 11) is 0. The number of piperidine rings is 1. The Hall–Kier alpha value is -3.26. The topological polar surface area (TPSA) is 145 Å². The minimum atomic E-state index is -0.698. The molecule has 0 aliphatic carbocycles. The minimum Gasteiger partial charge on any atom is -0.464 e. The molecule has 0 radical (unpaired) electrons. The summed E-state index contributed by atoms with van der Waals surface area (Å²) < 4.78 is 24.6. The molecule has 1 fully saturated rings. The van der Waals surface area contributed by atoms with Gasteiger partial charge in [0.1, 0.15) is 17.2 Å². The lowest BCUT2D eigenvalue weighted by atomic mass is 9.88. The molecule has 0 saturated carbocycles. The molecule has 1 aromatic carbocycles. The van der Waals surface area contributed by atoms with Crippen LogP contribution in [0.4, 0.5) is 4.79 Å². The number of aromatic nitrogens is 4. The quantitative estimate of drug-likeness (QED) is 0.343. The molecule has 0 spiro atoms. The molecule has 2 aromatic heterocycles. The van der Waals surface area contributed by atoms with Crippen LogP contribution in [0.15, 0.2) is 33.0 Å². The van der Waals surface area contributed by atoms with E-state index in [0.717, 1.165) is 22.2 Å². The zero-order valence-corrected chi connectivity index (χ0v) is 25.8. The van der Waals surface area contributed by atoms with Crippen molar-refractivity contribution in [2.75, 3.05) is 19.9 Å². The highest BCUT2D eigenvalue weighted by molar-refractivity contribution is 9.10. The number of esters is 1. The number of halogens is 1. The Balaban J connectivity index is 1.30. The second-order valence-electron chi connectivity index (χ2n) is 10.9. The number of nitrogens with one attached hydrogen (secondary N) is 2. The summed E-state index contributed by atoms with van der Waals surface area (Å²) in [4.78, 5) is 40.3. The van der Waals surface area contributed by atoms with Crippen molar-refractivity contribution in [2.45, 2.75) is 75.2 Å². The van der Waals surface area contributed by atoms with Crippen LogP contribution < -0.4 is 15.0 Å². The number of aryl methyl sites for hydroxylation is 1. The van der Waals surface area contributed by atoms with Crippen LogP contribution in [-0.4, -0.2) is 68.1 Å². The Morgan fingerprint density at radius 1 is 1.27 bits per heavy atom. The van der Waals surface area contributed by atoms with Crippen LogP contribution in [-0.2, 0) is 20.8 Å². The molecule has 2 N–H and O–H groups in total. The molecule has 2 aliphatic rings. The lowest BCUT2D eigenvalue weighted by molar-refractivity contribution is -0.151. The maximum Gasteiger partial charge on any atom is 0.411 e. The Labute approximate surface area is 249 Å². The number of imidazole rings is 1. The van der Waals surface area contributed by atoms with E-state index in [4.69, 9.17) is 29.3 Å². The van der Waals surface area contributed by atoms with Crippen LogP contribution in [0, 0.1) is 11.3 Å². The van der Waals surface area contributed by atoms with Crippen LogP contribution in [0.2, 0.25) is 0 Å². The Bertz CT molecular complexity index is 1520. The molecule has 1 amide bonds. The highest BCUT2D eigenvalue weighted by Crippen LogP contribution is 2.42. The standard InChI is InChI=1S/C27H33BrN6O6S/c1-5-37-24(35)17-10-15(7-9-34(17)26(36)40-27(2,3)4)6-8-33-13-30-22(29)21-23(33)32-25(31-21)41-20-12-19-18(11-16(20)28)38-14-39-19/h11-13,15,17,29H,5-10,14H2,1-4H3,(H,31,32). The molecular formula is C27H33BrN6O6S. The molecule has 14 heteroatoms. The third kappa shape index (κ3) is 6.64. The number of amides is 1. The van der Waals surface area contributed by atoms with Crippen molar-refractivity contribution in [3.63, 3.8) is 0 Å². The largest absolute Gasteiger partial charge is 0.464 e. The second kappa shape index (κ2) is 11.9. The van der Waals surface area contributed by atoms with Gasteiger partial charge in [0.15, 0.2) is 27.8 Å². The fraction of sp³-hybridized carbons (Fsp3) is 0.519. The van der Waals surface area contributed by atoms with Crippen molar-refractivity contribution < 1.29 is 28.5 Å². The molecule has 2 unspecified atom stereocenters. The van der Waals surface area contributed by atoms with Crippen molar-refractivity contribution >= 4 is 50.9 Å². The number of fused-ring (bicyclic) bond motifs is 2. The van der Waals surface area contributed by atoms with E-state index in [2.05, 4.69) is 25.9 Å². The summed E-state index contributed by atoms with van der Waals surface area (Å²) in [6.45, 7) is 8.58. The van der Waals surface area contributed by atoms with Gasteiger partial charge in [0, 0.05) is 22.5 Å². The molecule has 41 heavy (non-hydrogen) atoms. The summed E-state index contributed by atoms with van der Waals surface area (Å²) in [6, 6.07) is 3.06. The van der Waals surface area contributed by atoms with E-state index in [1.807, 2.05) is 16.7 Å². The molecule has 3 aromatic rings. The summed E-state index contributed by atoms with van der Waals surface area (Å²) in [5, 5.41) is 8.92. The number of carbonyl (C=O) groups excluding carboxylic acids is 2. The molecule has 2 aliphatic heterocycles. The number of H-pyrrole nitrogens is 1. The lowest BCUT2D eigenvalue weighted by Crippen LogP contribution is -2.52. The van der Waals surface area contributed by atoms with Gasteiger partial charge in [-0.05, 0) is 80.9 Å². The number of nitrogens with zero attached hydrogens (tertiary/aromatic N) is 4. The maximum absolute atomic E-state index is 12.8. The van der Waals surface area contributed by atoms with E-state index in [0.29, 0.717) is 47.3 Å². The van der Waals surface area contributed by atoms with Gasteiger partial charge in [0.25, 0.3) is 0 Å². The monoisotopic (exact) mass is 648 g/mol. The second-order valence-corrected chi connectivity index (χ2v) is 12.8. The van der Waals surface area contributed by atoms with Crippen molar-refractivity contribution in [3.05, 3.63) is 28.4 Å². The Morgan fingerprint density at radius 2 is 2.02 bits per heavy atom. The first-order chi connectivity index (χ1) is 19.5. The maximum atomic E-state index is 12.8. The molecule has 2 atom stereocenters. The van der Waals surface area contributed by atoms with Gasteiger partial charge >= 0.3 is 12.1 Å². The molecule has 0 bridgehead atoms. The number of aromatic amines is 1. The van der Waals surface area contributed by atoms with Crippen molar-refractivity contribution in [1.29, 1.82) is 5.41 Å². The predicted octanol–water partition coefficient (Wildman–Crippen LogP) is 4.85. The summed E-state index contributed by atoms with van der Waals surface area (Å²) in [6.07, 6.45) is 3.05. The molecule has 5 rings (SSSR count). The average molecular weight is 650 g/mol. The zero-order valence-electron chi connectivity index (χ0n) is 23.4. The summed E-state index contributed by atoms with van der Waals surface area (Å²) in [5.74, 6) is 1.10. The molecule has 220 valence electrons. The van der Waals surface area contributed by atoms with Gasteiger partial charge < -0.3 is 28.5 Å². The van der Waals surface area contributed by atoms with E-state index in [1.54, 1.807) is 34.0 Å². The summed E-state index contributed by atoms with van der Waals surface area (Å²) in [5.41, 5.74) is 0.605. The van der Waals surface area contributed by atoms with Crippen LogP contribution in [0.25, 0.3) is 11.2 Å². The Kier molecular flexibility index (Phi) is 8.50. The first kappa shape index (κ1) is 29.2. The lowest BCUT2D eigenvalue weighted by Gasteiger charge is -2.38. The number of hydrogen-bond acceptors (Lipinski definition) is 10. The molecule has 1 saturated heterocycles. The SMILES string of the molecule is CCOC(=O)C1CC(CCn2cnc(=N)c3[nH]c(Sc4cc5c(cc4Br)OCO5)nc32)CCN1C(=O)OC(C)(C)C. The van der Waals surface area contributed by atoms with Gasteiger partial charge in [-0.15, -0.1) is 0 Å². The van der Waals surface area contributed by atoms with Crippen LogP contribution >= 0.6 is 27.7 Å². The number of benzene rings is 1. The fourth-order valence-corrected chi connectivity index (χ4v) is 6.26. The molecular weight excluding hydrogens is 616 g/mol. The van der Waals surface area contributed by atoms with Gasteiger partial charge in [-0.25, -0.2) is 19.6 Å². The van der Waals surface area contributed by atoms with E-state index in [1.165, 1.54) is 16.7 Å². The normalized spacial score (nSPS) is 18.5. The highest BCUT2D eigenvalue weighted by atomic mass is 79.9. The first-order valence-corrected chi connectivity index (χ1v) is 15.1. The fourth-order valence-electron chi connectivity index (χ4n) is 4.88. The van der Waals surface area contributed by atoms with Crippen LogP contribution in [0.1, 0.15) is 47.0 Å².